The van der Waals surface area contributed by atoms with Crippen LogP contribution < -0.4 is 5.32 Å². The maximum absolute atomic E-state index is 13.5. The Labute approximate surface area is 141 Å². The molecule has 0 unspecified atom stereocenters. The van der Waals surface area contributed by atoms with Crippen molar-refractivity contribution in [3.8, 4) is 0 Å². The first kappa shape index (κ1) is 17.2. The molecule has 1 N–H and O–H groups in total. The molecule has 2 rings (SSSR count). The molecule has 5 nitrogen and oxygen atoms in total. The number of benzene rings is 1. The summed E-state index contributed by atoms with van der Waals surface area (Å²) >= 11 is 11.4. The highest BCUT2D eigenvalue weighted by molar-refractivity contribution is 6.41. The van der Waals surface area contributed by atoms with Gasteiger partial charge in [-0.3, -0.25) is 4.79 Å². The van der Waals surface area contributed by atoms with Crippen LogP contribution >= 0.6 is 23.2 Å². The lowest BCUT2D eigenvalue weighted by molar-refractivity contribution is -0.123. The highest BCUT2D eigenvalue weighted by atomic mass is 35.5. The molecule has 0 aliphatic carbocycles. The van der Waals surface area contributed by atoms with E-state index in [0.29, 0.717) is 0 Å². The third-order valence-electron chi connectivity index (χ3n) is 2.82. The summed E-state index contributed by atoms with van der Waals surface area (Å²) in [5.74, 6) is -2.06. The lowest BCUT2D eigenvalue weighted by atomic mass is 10.2. The van der Waals surface area contributed by atoms with Gasteiger partial charge in [-0.15, -0.1) is 0 Å². The maximum Gasteiger partial charge on any atom is 0.340 e. The van der Waals surface area contributed by atoms with E-state index in [-0.39, 0.29) is 21.4 Å². The van der Waals surface area contributed by atoms with E-state index in [2.05, 4.69) is 10.3 Å². The van der Waals surface area contributed by atoms with Gasteiger partial charge in [0, 0.05) is 6.20 Å². The van der Waals surface area contributed by atoms with Crippen molar-refractivity contribution < 1.29 is 18.7 Å². The number of hydrogen-bond acceptors (Lipinski definition) is 4. The van der Waals surface area contributed by atoms with Crippen molar-refractivity contribution >= 4 is 40.8 Å². The molecule has 8 heteroatoms. The molecule has 1 atom stereocenters. The fraction of sp³-hybridized carbons (Fsp3) is 0.133. The van der Waals surface area contributed by atoms with E-state index in [1.807, 2.05) is 0 Å². The number of carbonyl (C=O) groups excluding carboxylic acids is 2. The minimum Gasteiger partial charge on any atom is -0.449 e. The number of pyridine rings is 1. The zero-order valence-corrected chi connectivity index (χ0v) is 13.4. The van der Waals surface area contributed by atoms with Crippen LogP contribution in [0.1, 0.15) is 17.3 Å². The summed E-state index contributed by atoms with van der Waals surface area (Å²) < 4.78 is 18.5. The van der Waals surface area contributed by atoms with Crippen molar-refractivity contribution in [2.24, 2.45) is 0 Å². The predicted octanol–water partition coefficient (Wildman–Crippen LogP) is 3.71. The molecule has 1 aromatic carbocycles. The van der Waals surface area contributed by atoms with Crippen molar-refractivity contribution in [3.05, 3.63) is 58.1 Å². The smallest absolute Gasteiger partial charge is 0.340 e. The van der Waals surface area contributed by atoms with Crippen LogP contribution in [0.3, 0.4) is 0 Å². The monoisotopic (exact) mass is 356 g/mol. The molecule has 0 aliphatic rings. The Morgan fingerprint density at radius 3 is 2.65 bits per heavy atom. The molecule has 0 bridgehead atoms. The van der Waals surface area contributed by atoms with Crippen molar-refractivity contribution in [2.75, 3.05) is 5.32 Å². The summed E-state index contributed by atoms with van der Waals surface area (Å²) in [4.78, 5) is 27.6. The number of nitrogens with one attached hydrogen (secondary N) is 1. The molecular weight excluding hydrogens is 346 g/mol. The standard InChI is InChI=1S/C15H11Cl2FN2O3/c1-8(14(21)20-12-5-3-2-4-11(12)18)23-15(22)9-6-10(16)13(17)19-7-9/h2-8H,1H3,(H,20,21)/t8-/m1/s1. The number of rotatable bonds is 4. The molecular formula is C15H11Cl2FN2O3. The largest absolute Gasteiger partial charge is 0.449 e. The highest BCUT2D eigenvalue weighted by Gasteiger charge is 2.20. The third kappa shape index (κ3) is 4.40. The van der Waals surface area contributed by atoms with Gasteiger partial charge in [0.05, 0.1) is 16.3 Å². The molecule has 1 heterocycles. The van der Waals surface area contributed by atoms with E-state index >= 15 is 0 Å². The Balaban J connectivity index is 2.01. The Kier molecular flexibility index (Phi) is 5.52. The number of aromatic nitrogens is 1. The van der Waals surface area contributed by atoms with Gasteiger partial charge in [0.1, 0.15) is 11.0 Å². The Morgan fingerprint density at radius 2 is 2.00 bits per heavy atom. The summed E-state index contributed by atoms with van der Waals surface area (Å²) in [6.45, 7) is 1.36. The number of amides is 1. The van der Waals surface area contributed by atoms with E-state index in [1.54, 1.807) is 6.07 Å². The summed E-state index contributed by atoms with van der Waals surface area (Å²) in [5.41, 5.74) is 0.0431. The van der Waals surface area contributed by atoms with Crippen molar-refractivity contribution in [2.45, 2.75) is 13.0 Å². The normalized spacial score (nSPS) is 11.7. The second-order valence-electron chi connectivity index (χ2n) is 4.51. The van der Waals surface area contributed by atoms with Crippen LogP contribution in [-0.2, 0) is 9.53 Å². The average Bonchev–Trinajstić information content (AvgIpc) is 2.52. The first-order chi connectivity index (χ1) is 10.9. The van der Waals surface area contributed by atoms with Crippen LogP contribution in [-0.4, -0.2) is 23.0 Å². The number of carbonyl (C=O) groups is 2. The van der Waals surface area contributed by atoms with Crippen LogP contribution in [0.5, 0.6) is 0 Å². The minimum absolute atomic E-state index is 0.00315. The topological polar surface area (TPSA) is 68.3 Å². The zero-order chi connectivity index (χ0) is 17.0. The molecule has 0 saturated heterocycles. The summed E-state index contributed by atoms with van der Waals surface area (Å²) in [5, 5.41) is 2.47. The van der Waals surface area contributed by atoms with Crippen LogP contribution in [0, 0.1) is 5.82 Å². The zero-order valence-electron chi connectivity index (χ0n) is 11.8. The molecule has 0 fully saturated rings. The quantitative estimate of drug-likeness (QED) is 0.669. The van der Waals surface area contributed by atoms with E-state index < -0.39 is 23.8 Å². The number of para-hydroxylation sites is 1. The van der Waals surface area contributed by atoms with Crippen LogP contribution in [0.2, 0.25) is 10.2 Å². The predicted molar refractivity (Wildman–Crippen MR) is 84.2 cm³/mol. The molecule has 0 radical (unpaired) electrons. The Hall–Kier alpha value is -2.18. The first-order valence-electron chi connectivity index (χ1n) is 6.46. The lowest BCUT2D eigenvalue weighted by Crippen LogP contribution is -2.30. The summed E-state index contributed by atoms with van der Waals surface area (Å²) in [6, 6.07) is 6.93. The van der Waals surface area contributed by atoms with Gasteiger partial charge >= 0.3 is 5.97 Å². The van der Waals surface area contributed by atoms with Gasteiger partial charge in [-0.25, -0.2) is 14.2 Å². The van der Waals surface area contributed by atoms with Gasteiger partial charge in [0.15, 0.2) is 6.10 Å². The Morgan fingerprint density at radius 1 is 1.30 bits per heavy atom. The van der Waals surface area contributed by atoms with Crippen molar-refractivity contribution in [1.29, 1.82) is 0 Å². The molecule has 0 saturated carbocycles. The number of halogens is 3. The number of hydrogen-bond donors (Lipinski definition) is 1. The van der Waals surface area contributed by atoms with Crippen LogP contribution in [0.15, 0.2) is 36.5 Å². The molecule has 23 heavy (non-hydrogen) atoms. The van der Waals surface area contributed by atoms with E-state index in [9.17, 15) is 14.0 Å². The molecule has 1 aromatic heterocycles. The molecule has 0 spiro atoms. The average molecular weight is 357 g/mol. The van der Waals surface area contributed by atoms with Gasteiger partial charge in [0.25, 0.3) is 5.91 Å². The van der Waals surface area contributed by atoms with Gasteiger partial charge in [0.2, 0.25) is 0 Å². The highest BCUT2D eigenvalue weighted by Crippen LogP contribution is 2.20. The summed E-state index contributed by atoms with van der Waals surface area (Å²) in [6.07, 6.45) is 0.0365. The van der Waals surface area contributed by atoms with E-state index in [4.69, 9.17) is 27.9 Å². The van der Waals surface area contributed by atoms with E-state index in [0.717, 1.165) is 0 Å². The second kappa shape index (κ2) is 7.39. The third-order valence-corrected chi connectivity index (χ3v) is 3.50. The minimum atomic E-state index is -1.14. The van der Waals surface area contributed by atoms with Crippen LogP contribution in [0.25, 0.3) is 0 Å². The maximum atomic E-state index is 13.5. The number of esters is 1. The van der Waals surface area contributed by atoms with E-state index in [1.165, 1.54) is 37.4 Å². The Bertz CT molecular complexity index is 755. The van der Waals surface area contributed by atoms with Gasteiger partial charge in [-0.2, -0.15) is 0 Å². The number of anilines is 1. The molecule has 0 aliphatic heterocycles. The SMILES string of the molecule is C[C@@H](OC(=O)c1cnc(Cl)c(Cl)c1)C(=O)Nc1ccccc1F. The molecule has 1 amide bonds. The first-order valence-corrected chi connectivity index (χ1v) is 7.21. The molecule has 2 aromatic rings. The van der Waals surface area contributed by atoms with Crippen LogP contribution in [0.4, 0.5) is 10.1 Å². The second-order valence-corrected chi connectivity index (χ2v) is 5.28. The van der Waals surface area contributed by atoms with Gasteiger partial charge in [-0.1, -0.05) is 35.3 Å². The lowest BCUT2D eigenvalue weighted by Gasteiger charge is -2.14. The van der Waals surface area contributed by atoms with Crippen molar-refractivity contribution in [3.63, 3.8) is 0 Å². The fourth-order valence-electron chi connectivity index (χ4n) is 1.61. The number of ether oxygens (including phenoxy) is 1. The number of nitrogens with zero attached hydrogens (tertiary/aromatic N) is 1. The van der Waals surface area contributed by atoms with Gasteiger partial charge in [-0.05, 0) is 25.1 Å². The fourth-order valence-corrected chi connectivity index (χ4v) is 1.88. The summed E-state index contributed by atoms with van der Waals surface area (Å²) in [7, 11) is 0. The van der Waals surface area contributed by atoms with Gasteiger partial charge < -0.3 is 10.1 Å². The molecule has 120 valence electrons. The van der Waals surface area contributed by atoms with Crippen molar-refractivity contribution in [1.82, 2.24) is 4.98 Å².